The van der Waals surface area contributed by atoms with Crippen LogP contribution in [-0.4, -0.2) is 32.7 Å². The van der Waals surface area contributed by atoms with Crippen LogP contribution in [0.25, 0.3) is 11.5 Å². The van der Waals surface area contributed by atoms with Crippen LogP contribution in [0.2, 0.25) is 0 Å². The topological polar surface area (TPSA) is 76.7 Å². The largest absolute Gasteiger partial charge is 0.339 e. The zero-order valence-electron chi connectivity index (χ0n) is 11.6. The average molecular weight is 273 g/mol. The molecule has 1 saturated carbocycles. The molecule has 0 aromatic carbocycles. The van der Waals surface area contributed by atoms with Gasteiger partial charge in [0.2, 0.25) is 11.7 Å². The summed E-state index contributed by atoms with van der Waals surface area (Å²) in [5.74, 6) is 1.94. The van der Waals surface area contributed by atoms with Gasteiger partial charge in [-0.3, -0.25) is 4.98 Å². The maximum absolute atomic E-state index is 5.34. The first-order valence-corrected chi connectivity index (χ1v) is 7.19. The van der Waals surface area contributed by atoms with Crippen LogP contribution < -0.4 is 5.32 Å². The Morgan fingerprint density at radius 3 is 3.00 bits per heavy atom. The standard InChI is InChI=1S/C14H19N5O/c1-2-5-16-11(10-3-4-10)8-13-18-14(19-20-13)12-9-15-6-7-17-12/h6-7,9-11,16H,2-5,8H2,1H3. The highest BCUT2D eigenvalue weighted by Gasteiger charge is 2.32. The minimum atomic E-state index is 0.449. The fraction of sp³-hybridized carbons (Fsp3) is 0.571. The first-order valence-electron chi connectivity index (χ1n) is 7.19. The number of rotatable bonds is 7. The summed E-state index contributed by atoms with van der Waals surface area (Å²) in [6.45, 7) is 3.21. The molecule has 2 aromatic heterocycles. The molecule has 2 heterocycles. The quantitative estimate of drug-likeness (QED) is 0.829. The number of nitrogens with one attached hydrogen (secondary N) is 1. The van der Waals surface area contributed by atoms with E-state index < -0.39 is 0 Å². The summed E-state index contributed by atoms with van der Waals surface area (Å²) in [7, 11) is 0. The van der Waals surface area contributed by atoms with Gasteiger partial charge in [-0.15, -0.1) is 0 Å². The molecular weight excluding hydrogens is 254 g/mol. The van der Waals surface area contributed by atoms with Gasteiger partial charge in [0.05, 0.1) is 6.20 Å². The third-order valence-electron chi connectivity index (χ3n) is 3.50. The Labute approximate surface area is 118 Å². The van der Waals surface area contributed by atoms with Gasteiger partial charge in [0, 0.05) is 24.9 Å². The summed E-state index contributed by atoms with van der Waals surface area (Å²) in [4.78, 5) is 12.6. The highest BCUT2D eigenvalue weighted by Crippen LogP contribution is 2.34. The van der Waals surface area contributed by atoms with Gasteiger partial charge < -0.3 is 9.84 Å². The Morgan fingerprint density at radius 1 is 1.40 bits per heavy atom. The molecule has 20 heavy (non-hydrogen) atoms. The molecule has 1 N–H and O–H groups in total. The third-order valence-corrected chi connectivity index (χ3v) is 3.50. The van der Waals surface area contributed by atoms with E-state index >= 15 is 0 Å². The lowest BCUT2D eigenvalue weighted by molar-refractivity contribution is 0.346. The molecule has 0 bridgehead atoms. The van der Waals surface area contributed by atoms with Crippen molar-refractivity contribution in [2.45, 2.75) is 38.6 Å². The first kappa shape index (κ1) is 13.2. The van der Waals surface area contributed by atoms with Crippen LogP contribution in [0.15, 0.2) is 23.1 Å². The number of hydrogen-bond acceptors (Lipinski definition) is 6. The molecule has 6 nitrogen and oxygen atoms in total. The zero-order chi connectivity index (χ0) is 13.8. The number of hydrogen-bond donors (Lipinski definition) is 1. The monoisotopic (exact) mass is 273 g/mol. The van der Waals surface area contributed by atoms with Crippen molar-refractivity contribution in [2.75, 3.05) is 6.54 Å². The van der Waals surface area contributed by atoms with Gasteiger partial charge in [-0.05, 0) is 31.7 Å². The van der Waals surface area contributed by atoms with Crippen molar-refractivity contribution >= 4 is 0 Å². The normalized spacial score (nSPS) is 16.2. The van der Waals surface area contributed by atoms with Crippen molar-refractivity contribution in [3.05, 3.63) is 24.5 Å². The van der Waals surface area contributed by atoms with E-state index in [1.807, 2.05) is 0 Å². The van der Waals surface area contributed by atoms with Crippen LogP contribution in [0.4, 0.5) is 0 Å². The molecule has 0 aliphatic heterocycles. The summed E-state index contributed by atoms with van der Waals surface area (Å²) < 4.78 is 5.34. The van der Waals surface area contributed by atoms with E-state index in [2.05, 4.69) is 32.3 Å². The summed E-state index contributed by atoms with van der Waals surface area (Å²) >= 11 is 0. The van der Waals surface area contributed by atoms with Crippen LogP contribution in [0.1, 0.15) is 32.1 Å². The Hall–Kier alpha value is -1.82. The molecule has 1 fully saturated rings. The smallest absolute Gasteiger partial charge is 0.228 e. The van der Waals surface area contributed by atoms with Crippen LogP contribution in [0, 0.1) is 5.92 Å². The Morgan fingerprint density at radius 2 is 2.30 bits per heavy atom. The van der Waals surface area contributed by atoms with Gasteiger partial charge in [-0.25, -0.2) is 4.98 Å². The maximum Gasteiger partial charge on any atom is 0.228 e. The molecule has 0 spiro atoms. The van der Waals surface area contributed by atoms with E-state index in [9.17, 15) is 0 Å². The lowest BCUT2D eigenvalue weighted by Crippen LogP contribution is -2.33. The van der Waals surface area contributed by atoms with Crippen molar-refractivity contribution in [3.63, 3.8) is 0 Å². The Bertz CT molecular complexity index is 538. The molecule has 3 rings (SSSR count). The highest BCUT2D eigenvalue weighted by atomic mass is 16.5. The van der Waals surface area contributed by atoms with Gasteiger partial charge in [-0.1, -0.05) is 12.1 Å². The van der Waals surface area contributed by atoms with Crippen molar-refractivity contribution in [1.82, 2.24) is 25.4 Å². The molecular formula is C14H19N5O. The van der Waals surface area contributed by atoms with Crippen molar-refractivity contribution < 1.29 is 4.52 Å². The van der Waals surface area contributed by atoms with Crippen molar-refractivity contribution in [1.29, 1.82) is 0 Å². The van der Waals surface area contributed by atoms with E-state index in [1.165, 1.54) is 12.8 Å². The van der Waals surface area contributed by atoms with E-state index in [-0.39, 0.29) is 0 Å². The third kappa shape index (κ3) is 3.19. The molecule has 6 heteroatoms. The summed E-state index contributed by atoms with van der Waals surface area (Å²) in [6.07, 6.45) is 9.42. The van der Waals surface area contributed by atoms with Crippen LogP contribution in [-0.2, 0) is 6.42 Å². The SMILES string of the molecule is CCCNC(Cc1nc(-c2cnccn2)no1)C1CC1. The molecule has 106 valence electrons. The molecule has 0 saturated heterocycles. The van der Waals surface area contributed by atoms with Gasteiger partial charge in [0.15, 0.2) is 0 Å². The number of nitrogens with zero attached hydrogens (tertiary/aromatic N) is 4. The van der Waals surface area contributed by atoms with Crippen molar-refractivity contribution in [3.8, 4) is 11.5 Å². The second-order valence-corrected chi connectivity index (χ2v) is 5.20. The second-order valence-electron chi connectivity index (χ2n) is 5.20. The zero-order valence-corrected chi connectivity index (χ0v) is 11.6. The van der Waals surface area contributed by atoms with Crippen LogP contribution in [0.5, 0.6) is 0 Å². The molecule has 1 unspecified atom stereocenters. The Balaban J connectivity index is 1.67. The van der Waals surface area contributed by atoms with E-state index in [1.54, 1.807) is 18.6 Å². The summed E-state index contributed by atoms with van der Waals surface area (Å²) in [6, 6.07) is 0.449. The molecule has 1 aliphatic rings. The highest BCUT2D eigenvalue weighted by molar-refractivity contribution is 5.45. The van der Waals surface area contributed by atoms with Crippen molar-refractivity contribution in [2.24, 2.45) is 5.92 Å². The van der Waals surface area contributed by atoms with Gasteiger partial charge in [0.1, 0.15) is 5.69 Å². The minimum absolute atomic E-state index is 0.449. The molecule has 2 aromatic rings. The summed E-state index contributed by atoms with van der Waals surface area (Å²) in [5.41, 5.74) is 0.645. The predicted octanol–water partition coefficient (Wildman–Crippen LogP) is 1.85. The fourth-order valence-corrected chi connectivity index (χ4v) is 2.28. The molecule has 1 aliphatic carbocycles. The van der Waals surface area contributed by atoms with E-state index in [4.69, 9.17) is 4.52 Å². The lowest BCUT2D eigenvalue weighted by Gasteiger charge is -2.15. The molecule has 1 atom stereocenters. The maximum atomic E-state index is 5.34. The lowest BCUT2D eigenvalue weighted by atomic mass is 10.1. The van der Waals surface area contributed by atoms with E-state index in [0.717, 1.165) is 25.3 Å². The Kier molecular flexibility index (Phi) is 4.01. The molecule has 0 radical (unpaired) electrons. The van der Waals surface area contributed by atoms with Crippen LogP contribution in [0.3, 0.4) is 0 Å². The van der Waals surface area contributed by atoms with Gasteiger partial charge >= 0.3 is 0 Å². The average Bonchev–Trinajstić information content (AvgIpc) is 3.23. The van der Waals surface area contributed by atoms with Gasteiger partial charge in [0.25, 0.3) is 0 Å². The fourth-order valence-electron chi connectivity index (χ4n) is 2.28. The van der Waals surface area contributed by atoms with Crippen LogP contribution >= 0.6 is 0 Å². The predicted molar refractivity (Wildman–Crippen MR) is 73.8 cm³/mol. The molecule has 0 amide bonds. The first-order chi connectivity index (χ1) is 9.86. The number of aromatic nitrogens is 4. The van der Waals surface area contributed by atoms with E-state index in [0.29, 0.717) is 23.5 Å². The van der Waals surface area contributed by atoms with Gasteiger partial charge in [-0.2, -0.15) is 4.98 Å². The minimum Gasteiger partial charge on any atom is -0.339 e. The summed E-state index contributed by atoms with van der Waals surface area (Å²) in [5, 5.41) is 7.56. The second kappa shape index (κ2) is 6.09.